The van der Waals surface area contributed by atoms with E-state index in [9.17, 15) is 9.59 Å². The van der Waals surface area contributed by atoms with E-state index in [1.807, 2.05) is 6.07 Å². The van der Waals surface area contributed by atoms with E-state index >= 15 is 0 Å². The van der Waals surface area contributed by atoms with Gasteiger partial charge in [-0.05, 0) is 43.9 Å². The Kier molecular flexibility index (Phi) is 6.48. The Bertz CT molecular complexity index is 1120. The molecule has 1 fully saturated rings. The molecule has 3 aromatic heterocycles. The second-order valence-corrected chi connectivity index (χ2v) is 8.43. The van der Waals surface area contributed by atoms with Gasteiger partial charge in [0.25, 0.3) is 0 Å². The number of carbonyl (C=O) groups is 2. The molecule has 0 bridgehead atoms. The topological polar surface area (TPSA) is 110 Å². The summed E-state index contributed by atoms with van der Waals surface area (Å²) in [6.45, 7) is 4.19. The lowest BCUT2D eigenvalue weighted by Gasteiger charge is -2.19. The number of nitrogens with zero attached hydrogens (tertiary/aromatic N) is 4. The lowest BCUT2D eigenvalue weighted by atomic mass is 9.93. The molecule has 1 saturated carbocycles. The van der Waals surface area contributed by atoms with Crippen molar-refractivity contribution in [3.05, 3.63) is 41.9 Å². The van der Waals surface area contributed by atoms with Gasteiger partial charge in [-0.3, -0.25) is 4.79 Å². The second kappa shape index (κ2) is 9.46. The molecule has 8 heteroatoms. The lowest BCUT2D eigenvalue weighted by Crippen LogP contribution is -2.20. The van der Waals surface area contributed by atoms with Crippen molar-refractivity contribution in [3.8, 4) is 0 Å². The summed E-state index contributed by atoms with van der Waals surface area (Å²) in [6.07, 6.45) is 10.1. The number of aromatic carboxylic acids is 1. The molecule has 0 amide bonds. The molecule has 3 heterocycles. The normalized spacial score (nSPS) is 15.2. The van der Waals surface area contributed by atoms with Crippen LogP contribution in [0.3, 0.4) is 0 Å². The monoisotopic (exact) mass is 435 g/mol. The number of hydrogen-bond donors (Lipinski definition) is 2. The Labute approximate surface area is 187 Å². The maximum absolute atomic E-state index is 13.4. The molecule has 1 atom stereocenters. The van der Waals surface area contributed by atoms with Gasteiger partial charge in [0.15, 0.2) is 5.78 Å². The predicted molar refractivity (Wildman–Crippen MR) is 123 cm³/mol. The molecular formula is C24H29N5O3. The number of pyridine rings is 1. The van der Waals surface area contributed by atoms with Gasteiger partial charge in [0.2, 0.25) is 5.95 Å². The summed E-state index contributed by atoms with van der Waals surface area (Å²) in [4.78, 5) is 37.7. The lowest BCUT2D eigenvalue weighted by molar-refractivity contribution is 0.0696. The van der Waals surface area contributed by atoms with Crippen LogP contribution >= 0.6 is 0 Å². The van der Waals surface area contributed by atoms with Crippen LogP contribution in [0.25, 0.3) is 11.0 Å². The van der Waals surface area contributed by atoms with Gasteiger partial charge in [-0.1, -0.05) is 33.1 Å². The molecule has 0 saturated heterocycles. The van der Waals surface area contributed by atoms with Crippen molar-refractivity contribution in [2.45, 2.75) is 64.8 Å². The summed E-state index contributed by atoms with van der Waals surface area (Å²) in [5, 5.41) is 12.9. The van der Waals surface area contributed by atoms with E-state index in [2.05, 4.69) is 33.7 Å². The minimum Gasteiger partial charge on any atom is -0.478 e. The number of anilines is 2. The van der Waals surface area contributed by atoms with Gasteiger partial charge in [0.1, 0.15) is 11.5 Å². The van der Waals surface area contributed by atoms with E-state index in [0.717, 1.165) is 61.7 Å². The largest absolute Gasteiger partial charge is 0.478 e. The van der Waals surface area contributed by atoms with Gasteiger partial charge in [0, 0.05) is 29.7 Å². The van der Waals surface area contributed by atoms with Gasteiger partial charge in [-0.15, -0.1) is 0 Å². The van der Waals surface area contributed by atoms with Crippen LogP contribution in [0.1, 0.15) is 85.7 Å². The molecule has 1 aliphatic rings. The number of fused-ring (bicyclic) bond motifs is 1. The number of ketones is 1. The van der Waals surface area contributed by atoms with E-state index in [1.54, 1.807) is 12.3 Å². The van der Waals surface area contributed by atoms with Gasteiger partial charge in [-0.25, -0.2) is 14.8 Å². The molecule has 3 aromatic rings. The minimum atomic E-state index is -1.03. The molecule has 1 unspecified atom stereocenters. The van der Waals surface area contributed by atoms with E-state index in [-0.39, 0.29) is 23.3 Å². The molecule has 2 N–H and O–H groups in total. The minimum absolute atomic E-state index is 0.0203. The highest BCUT2D eigenvalue weighted by Gasteiger charge is 2.28. The number of aromatic nitrogens is 4. The smallest absolute Gasteiger partial charge is 0.337 e. The highest BCUT2D eigenvalue weighted by Crippen LogP contribution is 2.35. The second-order valence-electron chi connectivity index (χ2n) is 8.43. The maximum atomic E-state index is 13.4. The SMILES string of the molecule is CCCC(CC)C(=O)c1cc2cnc(Nc3ccc(C(=O)O)cn3)nc2n1C1CCCC1. The average Bonchev–Trinajstić information content (AvgIpc) is 3.44. The van der Waals surface area contributed by atoms with Crippen LogP contribution in [-0.4, -0.2) is 36.4 Å². The fraction of sp³-hybridized carbons (Fsp3) is 0.458. The van der Waals surface area contributed by atoms with Crippen molar-refractivity contribution < 1.29 is 14.7 Å². The van der Waals surface area contributed by atoms with Crippen LogP contribution in [0.4, 0.5) is 11.8 Å². The number of nitrogens with one attached hydrogen (secondary N) is 1. The first-order valence-corrected chi connectivity index (χ1v) is 11.4. The van der Waals surface area contributed by atoms with Gasteiger partial charge >= 0.3 is 5.97 Å². The first kappa shape index (κ1) is 21.9. The Morgan fingerprint density at radius 2 is 1.97 bits per heavy atom. The molecular weight excluding hydrogens is 406 g/mol. The zero-order valence-electron chi connectivity index (χ0n) is 18.5. The Morgan fingerprint density at radius 1 is 1.19 bits per heavy atom. The number of carboxylic acids is 1. The third-order valence-electron chi connectivity index (χ3n) is 6.27. The highest BCUT2D eigenvalue weighted by atomic mass is 16.4. The molecule has 4 rings (SSSR count). The summed E-state index contributed by atoms with van der Waals surface area (Å²) < 4.78 is 2.14. The highest BCUT2D eigenvalue weighted by molar-refractivity contribution is 6.01. The molecule has 0 aromatic carbocycles. The number of carboxylic acid groups (broad SMARTS) is 1. The van der Waals surface area contributed by atoms with E-state index in [4.69, 9.17) is 10.1 Å². The van der Waals surface area contributed by atoms with Crippen LogP contribution < -0.4 is 5.32 Å². The van der Waals surface area contributed by atoms with Crippen LogP contribution in [0.5, 0.6) is 0 Å². The van der Waals surface area contributed by atoms with Crippen molar-refractivity contribution in [1.29, 1.82) is 0 Å². The summed E-state index contributed by atoms with van der Waals surface area (Å²) >= 11 is 0. The Morgan fingerprint density at radius 3 is 2.59 bits per heavy atom. The first-order valence-electron chi connectivity index (χ1n) is 11.4. The third-order valence-corrected chi connectivity index (χ3v) is 6.27. The Hall–Kier alpha value is -3.29. The van der Waals surface area contributed by atoms with Crippen LogP contribution in [0.15, 0.2) is 30.6 Å². The van der Waals surface area contributed by atoms with E-state index in [1.165, 1.54) is 12.3 Å². The molecule has 0 spiro atoms. The summed E-state index contributed by atoms with van der Waals surface area (Å²) in [5.74, 6) is 0.0112. The van der Waals surface area contributed by atoms with Crippen LogP contribution in [-0.2, 0) is 0 Å². The summed E-state index contributed by atoms with van der Waals surface area (Å²) in [5.41, 5.74) is 1.61. The molecule has 0 aliphatic heterocycles. The fourth-order valence-corrected chi connectivity index (χ4v) is 4.58. The number of Topliss-reactive ketones (excluding diaryl/α,β-unsaturated/α-hetero) is 1. The van der Waals surface area contributed by atoms with Gasteiger partial charge in [0.05, 0.1) is 11.3 Å². The number of carbonyl (C=O) groups excluding carboxylic acids is 1. The van der Waals surface area contributed by atoms with Crippen molar-refractivity contribution in [2.24, 2.45) is 5.92 Å². The number of rotatable bonds is 9. The third kappa shape index (κ3) is 4.35. The standard InChI is InChI=1S/C24H29N5O3/c1-3-7-15(4-2)21(30)19-12-17-14-26-24(27-20-11-10-16(13-25-20)23(31)32)28-22(17)29(19)18-8-5-6-9-18/h10-15,18H,3-9H2,1-2H3,(H,31,32)(H,25,26,27,28). The Balaban J connectivity index is 1.72. The van der Waals surface area contributed by atoms with E-state index < -0.39 is 5.97 Å². The summed E-state index contributed by atoms with van der Waals surface area (Å²) in [6, 6.07) is 5.27. The van der Waals surface area contributed by atoms with Gasteiger partial charge in [-0.2, -0.15) is 4.98 Å². The van der Waals surface area contributed by atoms with Gasteiger partial charge < -0.3 is 15.0 Å². The molecule has 0 radical (unpaired) electrons. The molecule has 168 valence electrons. The van der Waals surface area contributed by atoms with Crippen molar-refractivity contribution >= 4 is 34.6 Å². The molecule has 32 heavy (non-hydrogen) atoms. The quantitative estimate of drug-likeness (QED) is 0.433. The van der Waals surface area contributed by atoms with Crippen LogP contribution in [0.2, 0.25) is 0 Å². The van der Waals surface area contributed by atoms with E-state index in [0.29, 0.717) is 11.8 Å². The molecule has 1 aliphatic carbocycles. The van der Waals surface area contributed by atoms with Crippen LogP contribution in [0, 0.1) is 5.92 Å². The van der Waals surface area contributed by atoms with Crippen molar-refractivity contribution in [3.63, 3.8) is 0 Å². The predicted octanol–water partition coefficient (Wildman–Crippen LogP) is 5.39. The molecule has 8 nitrogen and oxygen atoms in total. The van der Waals surface area contributed by atoms with Crippen molar-refractivity contribution in [2.75, 3.05) is 5.32 Å². The zero-order chi connectivity index (χ0) is 22.7. The average molecular weight is 436 g/mol. The van der Waals surface area contributed by atoms with Crippen molar-refractivity contribution in [1.82, 2.24) is 19.5 Å². The summed E-state index contributed by atoms with van der Waals surface area (Å²) in [7, 11) is 0. The fourth-order valence-electron chi connectivity index (χ4n) is 4.58. The zero-order valence-corrected chi connectivity index (χ0v) is 18.5. The first-order chi connectivity index (χ1) is 15.5. The number of hydrogen-bond acceptors (Lipinski definition) is 6. The maximum Gasteiger partial charge on any atom is 0.337 e.